The van der Waals surface area contributed by atoms with E-state index in [2.05, 4.69) is 15.6 Å². The average molecular weight is 349 g/mol. The first-order chi connectivity index (χ1) is 11.7. The molecule has 0 atom stereocenters. The van der Waals surface area contributed by atoms with Gasteiger partial charge in [-0.2, -0.15) is 0 Å². The predicted molar refractivity (Wildman–Crippen MR) is 87.2 cm³/mol. The van der Waals surface area contributed by atoms with Gasteiger partial charge in [0.2, 0.25) is 6.79 Å². The van der Waals surface area contributed by atoms with Crippen LogP contribution in [0.25, 0.3) is 0 Å². The quantitative estimate of drug-likeness (QED) is 0.889. The summed E-state index contributed by atoms with van der Waals surface area (Å²) in [6, 6.07) is 4.49. The third-order valence-electron chi connectivity index (χ3n) is 3.20. The van der Waals surface area contributed by atoms with Crippen molar-refractivity contribution in [2.24, 2.45) is 0 Å². The van der Waals surface area contributed by atoms with Crippen molar-refractivity contribution in [3.8, 4) is 11.5 Å². The fourth-order valence-corrected chi connectivity index (χ4v) is 2.30. The van der Waals surface area contributed by atoms with E-state index in [0.717, 1.165) is 18.2 Å². The van der Waals surface area contributed by atoms with Crippen molar-refractivity contribution in [2.45, 2.75) is 26.3 Å². The fraction of sp³-hybridized carbons (Fsp3) is 0.294. The van der Waals surface area contributed by atoms with Gasteiger partial charge < -0.3 is 20.1 Å². The highest BCUT2D eigenvalue weighted by molar-refractivity contribution is 5.97. The van der Waals surface area contributed by atoms with Crippen molar-refractivity contribution in [1.29, 1.82) is 0 Å². The van der Waals surface area contributed by atoms with Crippen LogP contribution >= 0.6 is 0 Å². The molecule has 0 fully saturated rings. The summed E-state index contributed by atoms with van der Waals surface area (Å²) < 4.78 is 37.3. The molecule has 0 saturated heterocycles. The molecule has 0 bridgehead atoms. The Morgan fingerprint density at radius 2 is 1.80 bits per heavy atom. The first-order valence-corrected chi connectivity index (χ1v) is 7.57. The van der Waals surface area contributed by atoms with Crippen LogP contribution < -0.4 is 20.1 Å². The van der Waals surface area contributed by atoms with E-state index in [0.29, 0.717) is 5.75 Å². The standard InChI is InChI=1S/C17H17F2N3O3/c1-17(2,3)22-16(23)14-15-12(24-8-25-15)7-13(21-14)20-11-5-9(18)4-10(19)6-11/h4-7H,8H2,1-3H3,(H,20,21)(H,22,23). The van der Waals surface area contributed by atoms with E-state index in [1.54, 1.807) is 0 Å². The molecule has 1 aliphatic heterocycles. The SMILES string of the molecule is CC(C)(C)NC(=O)c1nc(Nc2cc(F)cc(F)c2)cc2c1OCO2. The van der Waals surface area contributed by atoms with Gasteiger partial charge in [-0.25, -0.2) is 13.8 Å². The molecule has 25 heavy (non-hydrogen) atoms. The first kappa shape index (κ1) is 16.9. The van der Waals surface area contributed by atoms with Crippen LogP contribution in [-0.2, 0) is 0 Å². The van der Waals surface area contributed by atoms with Crippen molar-refractivity contribution in [3.05, 3.63) is 41.6 Å². The Kier molecular flexibility index (Phi) is 4.20. The largest absolute Gasteiger partial charge is 0.453 e. The number of carbonyl (C=O) groups excluding carboxylic acids is 1. The number of aromatic nitrogens is 1. The molecule has 1 amide bonds. The maximum Gasteiger partial charge on any atom is 0.274 e. The minimum absolute atomic E-state index is 0.0318. The van der Waals surface area contributed by atoms with Crippen molar-refractivity contribution >= 4 is 17.4 Å². The van der Waals surface area contributed by atoms with Gasteiger partial charge in [0.15, 0.2) is 17.2 Å². The molecule has 3 rings (SSSR count). The number of halogens is 2. The number of carbonyl (C=O) groups is 1. The van der Waals surface area contributed by atoms with Crippen molar-refractivity contribution in [1.82, 2.24) is 10.3 Å². The summed E-state index contributed by atoms with van der Waals surface area (Å²) in [6.45, 7) is 5.46. The summed E-state index contributed by atoms with van der Waals surface area (Å²) in [5.41, 5.74) is -0.282. The van der Waals surface area contributed by atoms with Crippen LogP contribution in [0.1, 0.15) is 31.3 Å². The fourth-order valence-electron chi connectivity index (χ4n) is 2.30. The molecular weight excluding hydrogens is 332 g/mol. The Labute approximate surface area is 143 Å². The van der Waals surface area contributed by atoms with Crippen LogP contribution in [-0.4, -0.2) is 23.2 Å². The molecule has 0 saturated carbocycles. The zero-order valence-electron chi connectivity index (χ0n) is 13.9. The van der Waals surface area contributed by atoms with Crippen molar-refractivity contribution < 1.29 is 23.0 Å². The topological polar surface area (TPSA) is 72.5 Å². The molecule has 1 aliphatic rings. The summed E-state index contributed by atoms with van der Waals surface area (Å²) in [6.07, 6.45) is 0. The number of rotatable bonds is 3. The minimum atomic E-state index is -0.728. The number of anilines is 2. The average Bonchev–Trinajstić information content (AvgIpc) is 2.91. The van der Waals surface area contributed by atoms with Crippen LogP contribution in [0.4, 0.5) is 20.3 Å². The highest BCUT2D eigenvalue weighted by Gasteiger charge is 2.27. The number of hydrogen-bond donors (Lipinski definition) is 2. The normalized spacial score (nSPS) is 12.8. The molecule has 2 aromatic rings. The molecule has 2 heterocycles. The number of hydrogen-bond acceptors (Lipinski definition) is 5. The van der Waals surface area contributed by atoms with E-state index in [1.807, 2.05) is 20.8 Å². The summed E-state index contributed by atoms with van der Waals surface area (Å²) >= 11 is 0. The molecule has 1 aromatic heterocycles. The maximum absolute atomic E-state index is 13.3. The molecule has 1 aromatic carbocycles. The Hall–Kier alpha value is -2.90. The third-order valence-corrected chi connectivity index (χ3v) is 3.20. The molecule has 0 aliphatic carbocycles. The van der Waals surface area contributed by atoms with Crippen LogP contribution in [0, 0.1) is 11.6 Å². The molecule has 2 N–H and O–H groups in total. The Morgan fingerprint density at radius 3 is 2.44 bits per heavy atom. The van der Waals surface area contributed by atoms with Crippen LogP contribution in [0.2, 0.25) is 0 Å². The zero-order chi connectivity index (χ0) is 18.2. The van der Waals surface area contributed by atoms with Gasteiger partial charge in [-0.05, 0) is 32.9 Å². The van der Waals surface area contributed by atoms with Gasteiger partial charge in [-0.3, -0.25) is 4.79 Å². The third kappa shape index (κ3) is 3.96. The highest BCUT2D eigenvalue weighted by atomic mass is 19.1. The van der Waals surface area contributed by atoms with Gasteiger partial charge in [0.25, 0.3) is 5.91 Å². The molecule has 0 spiro atoms. The Bertz CT molecular complexity index is 814. The number of fused-ring (bicyclic) bond motifs is 1. The summed E-state index contributed by atoms with van der Waals surface area (Å²) in [4.78, 5) is 16.7. The molecule has 0 unspecified atom stereocenters. The van der Waals surface area contributed by atoms with E-state index < -0.39 is 23.1 Å². The lowest BCUT2D eigenvalue weighted by Crippen LogP contribution is -2.41. The lowest BCUT2D eigenvalue weighted by Gasteiger charge is -2.20. The number of pyridine rings is 1. The molecule has 0 radical (unpaired) electrons. The van der Waals surface area contributed by atoms with Gasteiger partial charge >= 0.3 is 0 Å². The zero-order valence-corrected chi connectivity index (χ0v) is 13.9. The van der Waals surface area contributed by atoms with E-state index in [-0.39, 0.29) is 29.7 Å². The van der Waals surface area contributed by atoms with Crippen LogP contribution in [0.15, 0.2) is 24.3 Å². The molecular formula is C17H17F2N3O3. The molecule has 132 valence electrons. The second-order valence-electron chi connectivity index (χ2n) is 6.58. The highest BCUT2D eigenvalue weighted by Crippen LogP contribution is 2.37. The van der Waals surface area contributed by atoms with E-state index >= 15 is 0 Å². The van der Waals surface area contributed by atoms with E-state index in [9.17, 15) is 13.6 Å². The Balaban J connectivity index is 1.96. The number of amides is 1. The van der Waals surface area contributed by atoms with Gasteiger partial charge in [-0.15, -0.1) is 0 Å². The summed E-state index contributed by atoms with van der Waals surface area (Å²) in [5, 5.41) is 5.56. The van der Waals surface area contributed by atoms with Gasteiger partial charge in [0.1, 0.15) is 17.5 Å². The Morgan fingerprint density at radius 1 is 1.12 bits per heavy atom. The summed E-state index contributed by atoms with van der Waals surface area (Å²) in [5.74, 6) is -1.13. The van der Waals surface area contributed by atoms with Crippen molar-refractivity contribution in [2.75, 3.05) is 12.1 Å². The second kappa shape index (κ2) is 6.19. The van der Waals surface area contributed by atoms with E-state index in [4.69, 9.17) is 9.47 Å². The smallest absolute Gasteiger partial charge is 0.274 e. The predicted octanol–water partition coefficient (Wildman–Crippen LogP) is 3.36. The monoisotopic (exact) mass is 349 g/mol. The first-order valence-electron chi connectivity index (χ1n) is 7.57. The van der Waals surface area contributed by atoms with Crippen LogP contribution in [0.3, 0.4) is 0 Å². The van der Waals surface area contributed by atoms with Crippen molar-refractivity contribution in [3.63, 3.8) is 0 Å². The summed E-state index contributed by atoms with van der Waals surface area (Å²) in [7, 11) is 0. The lowest BCUT2D eigenvalue weighted by atomic mass is 10.1. The van der Waals surface area contributed by atoms with Crippen LogP contribution in [0.5, 0.6) is 11.5 Å². The maximum atomic E-state index is 13.3. The van der Waals surface area contributed by atoms with Gasteiger partial charge in [0, 0.05) is 23.4 Å². The lowest BCUT2D eigenvalue weighted by molar-refractivity contribution is 0.0909. The molecule has 8 heteroatoms. The number of nitrogens with zero attached hydrogens (tertiary/aromatic N) is 1. The molecule has 6 nitrogen and oxygen atoms in total. The van der Waals surface area contributed by atoms with E-state index in [1.165, 1.54) is 6.07 Å². The van der Waals surface area contributed by atoms with Gasteiger partial charge in [0.05, 0.1) is 0 Å². The number of ether oxygens (including phenoxy) is 2. The second-order valence-corrected chi connectivity index (χ2v) is 6.58. The number of benzene rings is 1. The van der Waals surface area contributed by atoms with Gasteiger partial charge in [-0.1, -0.05) is 0 Å². The minimum Gasteiger partial charge on any atom is -0.453 e. The number of nitrogens with one attached hydrogen (secondary N) is 2.